The fraction of sp³-hybridized carbons (Fsp3) is 0.182. The van der Waals surface area contributed by atoms with Gasteiger partial charge in [0.1, 0.15) is 22.3 Å². The third-order valence-electron chi connectivity index (χ3n) is 4.62. The maximum Gasteiger partial charge on any atom is 0.234 e. The molecule has 0 fully saturated rings. The van der Waals surface area contributed by atoms with E-state index in [9.17, 15) is 4.79 Å². The van der Waals surface area contributed by atoms with Crippen LogP contribution in [0.15, 0.2) is 59.6 Å². The number of nitrogens with one attached hydrogen (secondary N) is 1. The molecule has 0 aliphatic rings. The molecule has 32 heavy (non-hydrogen) atoms. The van der Waals surface area contributed by atoms with Gasteiger partial charge in [-0.25, -0.2) is 0 Å². The summed E-state index contributed by atoms with van der Waals surface area (Å²) in [4.78, 5) is 12.5. The van der Waals surface area contributed by atoms with Gasteiger partial charge in [-0.15, -0.1) is 10.2 Å². The van der Waals surface area contributed by atoms with E-state index in [0.717, 1.165) is 11.3 Å². The third kappa shape index (κ3) is 4.59. The average molecular weight is 452 g/mol. The number of benzene rings is 2. The number of methoxy groups -OCH3 is 3. The minimum absolute atomic E-state index is 0.174. The van der Waals surface area contributed by atoms with Crippen LogP contribution in [-0.4, -0.2) is 52.8 Å². The van der Waals surface area contributed by atoms with Gasteiger partial charge in [0.2, 0.25) is 5.91 Å². The molecule has 2 aromatic heterocycles. The van der Waals surface area contributed by atoms with Gasteiger partial charge in [0.25, 0.3) is 0 Å². The van der Waals surface area contributed by atoms with E-state index in [1.807, 2.05) is 36.4 Å². The normalized spacial score (nSPS) is 10.7. The second-order valence-electron chi connectivity index (χ2n) is 6.60. The lowest BCUT2D eigenvalue weighted by Crippen LogP contribution is -2.15. The van der Waals surface area contributed by atoms with Gasteiger partial charge < -0.3 is 19.5 Å². The predicted octanol–water partition coefficient (Wildman–Crippen LogP) is 3.55. The first-order valence-electron chi connectivity index (χ1n) is 9.63. The first-order valence-corrected chi connectivity index (χ1v) is 10.6. The van der Waals surface area contributed by atoms with Crippen molar-refractivity contribution in [2.45, 2.75) is 5.03 Å². The number of hydrogen-bond acceptors (Lipinski definition) is 8. The molecule has 0 aliphatic carbocycles. The van der Waals surface area contributed by atoms with Crippen molar-refractivity contribution in [1.82, 2.24) is 19.8 Å². The van der Waals surface area contributed by atoms with Gasteiger partial charge in [0.05, 0.1) is 32.8 Å². The van der Waals surface area contributed by atoms with Gasteiger partial charge in [0.15, 0.2) is 11.5 Å². The molecule has 2 aromatic carbocycles. The van der Waals surface area contributed by atoms with Crippen LogP contribution in [-0.2, 0) is 4.79 Å². The summed E-state index contributed by atoms with van der Waals surface area (Å²) in [5, 5.41) is 16.5. The summed E-state index contributed by atoms with van der Waals surface area (Å²) in [6.45, 7) is 0. The number of carbonyl (C=O) groups excluding carboxylic acids is 1. The molecule has 0 aliphatic heterocycles. The van der Waals surface area contributed by atoms with Gasteiger partial charge >= 0.3 is 0 Å². The van der Waals surface area contributed by atoms with Gasteiger partial charge in [-0.1, -0.05) is 11.8 Å². The number of thioether (sulfide) groups is 1. The van der Waals surface area contributed by atoms with Crippen molar-refractivity contribution < 1.29 is 19.0 Å². The van der Waals surface area contributed by atoms with Crippen LogP contribution < -0.4 is 19.5 Å². The van der Waals surface area contributed by atoms with Crippen LogP contribution in [0.3, 0.4) is 0 Å². The number of carbonyl (C=O) groups is 1. The van der Waals surface area contributed by atoms with Crippen LogP contribution in [0.2, 0.25) is 0 Å². The number of hydrogen-bond donors (Lipinski definition) is 1. The van der Waals surface area contributed by atoms with Crippen molar-refractivity contribution in [3.63, 3.8) is 0 Å². The van der Waals surface area contributed by atoms with E-state index in [1.54, 1.807) is 36.9 Å². The predicted molar refractivity (Wildman–Crippen MR) is 122 cm³/mol. The quantitative estimate of drug-likeness (QED) is 0.406. The molecule has 9 nitrogen and oxygen atoms in total. The van der Waals surface area contributed by atoms with E-state index in [2.05, 4.69) is 20.6 Å². The number of nitrogens with zero attached hydrogens (tertiary/aromatic N) is 4. The monoisotopic (exact) mass is 451 g/mol. The zero-order valence-corrected chi connectivity index (χ0v) is 18.5. The summed E-state index contributed by atoms with van der Waals surface area (Å²) in [6.07, 6.45) is 0. The molecule has 4 aromatic rings. The summed E-state index contributed by atoms with van der Waals surface area (Å²) >= 11 is 1.31. The van der Waals surface area contributed by atoms with Crippen molar-refractivity contribution in [2.24, 2.45) is 0 Å². The number of aromatic nitrogens is 4. The molecule has 1 amide bonds. The Kier molecular flexibility index (Phi) is 6.41. The lowest BCUT2D eigenvalue weighted by Gasteiger charge is -2.11. The molecule has 0 saturated carbocycles. The van der Waals surface area contributed by atoms with Gasteiger partial charge in [-0.05, 0) is 48.5 Å². The van der Waals surface area contributed by atoms with Crippen LogP contribution in [0.25, 0.3) is 17.0 Å². The first kappa shape index (κ1) is 21.4. The van der Waals surface area contributed by atoms with Crippen molar-refractivity contribution in [3.05, 3.63) is 54.6 Å². The zero-order chi connectivity index (χ0) is 22.5. The van der Waals surface area contributed by atoms with E-state index < -0.39 is 0 Å². The highest BCUT2D eigenvalue weighted by Crippen LogP contribution is 2.29. The van der Waals surface area contributed by atoms with Crippen LogP contribution in [0.4, 0.5) is 5.69 Å². The molecule has 0 unspecified atom stereocenters. The average Bonchev–Trinajstić information content (AvgIpc) is 3.26. The second kappa shape index (κ2) is 9.56. The number of anilines is 1. The Bertz CT molecular complexity index is 1240. The molecular weight excluding hydrogens is 430 g/mol. The molecule has 10 heteroatoms. The molecule has 0 bridgehead atoms. The summed E-state index contributed by atoms with van der Waals surface area (Å²) in [7, 11) is 4.73. The SMILES string of the molecule is COc1ccc(-c2nnc3ccc(SCC(=O)Nc4ccc(OC)cc4OC)nn23)cc1. The van der Waals surface area contributed by atoms with Gasteiger partial charge in [-0.3, -0.25) is 4.79 Å². The third-order valence-corrected chi connectivity index (χ3v) is 5.54. The minimum atomic E-state index is -0.181. The maximum absolute atomic E-state index is 12.5. The Labute approximate surface area is 188 Å². The van der Waals surface area contributed by atoms with E-state index in [1.165, 1.54) is 18.9 Å². The van der Waals surface area contributed by atoms with Crippen molar-refractivity contribution in [3.8, 4) is 28.6 Å². The van der Waals surface area contributed by atoms with Crippen LogP contribution >= 0.6 is 11.8 Å². The molecule has 0 saturated heterocycles. The standard InChI is InChI=1S/C22H21N5O4S/c1-29-15-6-4-14(5-7-15)22-25-24-19-10-11-21(26-27(19)22)32-13-20(28)23-17-9-8-16(30-2)12-18(17)31-3/h4-12H,13H2,1-3H3,(H,23,28). The molecule has 1 N–H and O–H groups in total. The lowest BCUT2D eigenvalue weighted by atomic mass is 10.2. The Morgan fingerprint density at radius 1 is 0.938 bits per heavy atom. The number of amides is 1. The number of rotatable bonds is 8. The Morgan fingerprint density at radius 2 is 1.69 bits per heavy atom. The van der Waals surface area contributed by atoms with E-state index in [0.29, 0.717) is 33.7 Å². The highest BCUT2D eigenvalue weighted by atomic mass is 32.2. The first-order chi connectivity index (χ1) is 15.6. The molecular formula is C22H21N5O4S. The molecule has 0 spiro atoms. The summed E-state index contributed by atoms with van der Waals surface area (Å²) < 4.78 is 17.4. The van der Waals surface area contributed by atoms with Gasteiger partial charge in [0, 0.05) is 11.6 Å². The van der Waals surface area contributed by atoms with Crippen LogP contribution in [0, 0.1) is 0 Å². The van der Waals surface area contributed by atoms with Gasteiger partial charge in [-0.2, -0.15) is 9.61 Å². The van der Waals surface area contributed by atoms with Crippen molar-refractivity contribution >= 4 is 29.0 Å². The van der Waals surface area contributed by atoms with Crippen molar-refractivity contribution in [2.75, 3.05) is 32.4 Å². The highest BCUT2D eigenvalue weighted by Gasteiger charge is 2.13. The zero-order valence-electron chi connectivity index (χ0n) is 17.7. The molecule has 2 heterocycles. The molecule has 164 valence electrons. The largest absolute Gasteiger partial charge is 0.497 e. The number of ether oxygens (including phenoxy) is 3. The van der Waals surface area contributed by atoms with E-state index >= 15 is 0 Å². The lowest BCUT2D eigenvalue weighted by molar-refractivity contribution is -0.113. The second-order valence-corrected chi connectivity index (χ2v) is 7.59. The van der Waals surface area contributed by atoms with E-state index in [4.69, 9.17) is 14.2 Å². The fourth-order valence-corrected chi connectivity index (χ4v) is 3.65. The minimum Gasteiger partial charge on any atom is -0.497 e. The Balaban J connectivity index is 1.47. The Morgan fingerprint density at radius 3 is 2.41 bits per heavy atom. The summed E-state index contributed by atoms with van der Waals surface area (Å²) in [5.41, 5.74) is 2.05. The molecule has 4 rings (SSSR count). The Hall–Kier alpha value is -3.79. The molecule has 0 radical (unpaired) electrons. The number of fused-ring (bicyclic) bond motifs is 1. The summed E-state index contributed by atoms with van der Waals surface area (Å²) in [5.74, 6) is 2.53. The molecule has 0 atom stereocenters. The fourth-order valence-electron chi connectivity index (χ4n) is 3.00. The smallest absolute Gasteiger partial charge is 0.234 e. The van der Waals surface area contributed by atoms with Crippen LogP contribution in [0.5, 0.6) is 17.2 Å². The van der Waals surface area contributed by atoms with Crippen molar-refractivity contribution in [1.29, 1.82) is 0 Å². The van der Waals surface area contributed by atoms with E-state index in [-0.39, 0.29) is 11.7 Å². The van der Waals surface area contributed by atoms with Crippen LogP contribution in [0.1, 0.15) is 0 Å². The summed E-state index contributed by atoms with van der Waals surface area (Å²) in [6, 6.07) is 16.3. The maximum atomic E-state index is 12.5. The highest BCUT2D eigenvalue weighted by molar-refractivity contribution is 7.99. The topological polar surface area (TPSA) is 99.9 Å².